The molecule has 1 heterocycles. The van der Waals surface area contributed by atoms with Gasteiger partial charge < -0.3 is 5.32 Å². The minimum Gasteiger partial charge on any atom is -0.351 e. The standard InChI is InChI=1S/C16H19NOS2/c1-12-10-15(13(2)20-12)16(18)17-8-9-19-11-14-6-4-3-5-7-14/h3-7,10H,8-9,11H2,1-2H3,(H,17,18). The van der Waals surface area contributed by atoms with Gasteiger partial charge in [0.1, 0.15) is 0 Å². The van der Waals surface area contributed by atoms with Crippen LogP contribution >= 0.6 is 23.1 Å². The summed E-state index contributed by atoms with van der Waals surface area (Å²) in [4.78, 5) is 14.3. The number of hydrogen-bond donors (Lipinski definition) is 1. The van der Waals surface area contributed by atoms with Crippen molar-refractivity contribution >= 4 is 29.0 Å². The van der Waals surface area contributed by atoms with E-state index >= 15 is 0 Å². The van der Waals surface area contributed by atoms with Gasteiger partial charge in [-0.05, 0) is 25.5 Å². The molecule has 0 atom stereocenters. The predicted octanol–water partition coefficient (Wildman–Crippen LogP) is 4.03. The van der Waals surface area contributed by atoms with Gasteiger partial charge in [-0.1, -0.05) is 30.3 Å². The molecular weight excluding hydrogens is 286 g/mol. The van der Waals surface area contributed by atoms with Crippen molar-refractivity contribution in [3.8, 4) is 0 Å². The first-order valence-corrected chi connectivity index (χ1v) is 8.61. The van der Waals surface area contributed by atoms with Crippen LogP contribution in [0.25, 0.3) is 0 Å². The molecule has 0 aliphatic heterocycles. The molecule has 0 aliphatic rings. The molecule has 106 valence electrons. The predicted molar refractivity (Wildman–Crippen MR) is 88.7 cm³/mol. The van der Waals surface area contributed by atoms with Crippen LogP contribution in [-0.2, 0) is 5.75 Å². The SMILES string of the molecule is Cc1cc(C(=O)NCCSCc2ccccc2)c(C)s1. The second kappa shape index (κ2) is 7.50. The second-order valence-electron chi connectivity index (χ2n) is 4.62. The van der Waals surface area contributed by atoms with Crippen molar-refractivity contribution in [1.29, 1.82) is 0 Å². The summed E-state index contributed by atoms with van der Waals surface area (Å²) in [6.07, 6.45) is 0. The lowest BCUT2D eigenvalue weighted by Crippen LogP contribution is -2.25. The molecule has 1 N–H and O–H groups in total. The number of amides is 1. The smallest absolute Gasteiger partial charge is 0.252 e. The summed E-state index contributed by atoms with van der Waals surface area (Å²) in [6, 6.07) is 12.4. The molecule has 2 nitrogen and oxygen atoms in total. The Morgan fingerprint density at radius 2 is 2.00 bits per heavy atom. The Bertz CT molecular complexity index is 563. The monoisotopic (exact) mass is 305 g/mol. The lowest BCUT2D eigenvalue weighted by Gasteiger charge is -2.05. The molecule has 0 aliphatic carbocycles. The summed E-state index contributed by atoms with van der Waals surface area (Å²) in [5.41, 5.74) is 2.15. The third-order valence-corrected chi connectivity index (χ3v) is 4.93. The van der Waals surface area contributed by atoms with E-state index < -0.39 is 0 Å². The molecule has 20 heavy (non-hydrogen) atoms. The highest BCUT2D eigenvalue weighted by Crippen LogP contribution is 2.20. The average Bonchev–Trinajstić information content (AvgIpc) is 2.78. The van der Waals surface area contributed by atoms with Gasteiger partial charge in [0.2, 0.25) is 0 Å². The van der Waals surface area contributed by atoms with Crippen molar-refractivity contribution in [2.24, 2.45) is 0 Å². The first-order chi connectivity index (χ1) is 9.66. The van der Waals surface area contributed by atoms with Crippen LogP contribution in [0.15, 0.2) is 36.4 Å². The Kier molecular flexibility index (Phi) is 5.68. The van der Waals surface area contributed by atoms with E-state index in [9.17, 15) is 4.79 Å². The third-order valence-electron chi connectivity index (χ3n) is 2.93. The molecule has 0 radical (unpaired) electrons. The molecule has 0 saturated carbocycles. The molecule has 0 saturated heterocycles. The minimum absolute atomic E-state index is 0.0483. The second-order valence-corrected chi connectivity index (χ2v) is 7.19. The number of hydrogen-bond acceptors (Lipinski definition) is 3. The first-order valence-electron chi connectivity index (χ1n) is 6.63. The maximum Gasteiger partial charge on any atom is 0.252 e. The fraction of sp³-hybridized carbons (Fsp3) is 0.312. The van der Waals surface area contributed by atoms with Gasteiger partial charge in [0.15, 0.2) is 0 Å². The Balaban J connectivity index is 1.68. The molecule has 1 aromatic carbocycles. The number of nitrogens with one attached hydrogen (secondary N) is 1. The van der Waals surface area contributed by atoms with Crippen molar-refractivity contribution in [2.75, 3.05) is 12.3 Å². The fourth-order valence-electron chi connectivity index (χ4n) is 1.95. The van der Waals surface area contributed by atoms with Gasteiger partial charge in [-0.15, -0.1) is 11.3 Å². The normalized spacial score (nSPS) is 10.5. The summed E-state index contributed by atoms with van der Waals surface area (Å²) in [5, 5.41) is 2.99. The zero-order chi connectivity index (χ0) is 14.4. The molecule has 1 aromatic heterocycles. The molecule has 4 heteroatoms. The third kappa shape index (κ3) is 4.39. The van der Waals surface area contributed by atoms with Crippen LogP contribution in [0.3, 0.4) is 0 Å². The van der Waals surface area contributed by atoms with Crippen molar-refractivity contribution in [2.45, 2.75) is 19.6 Å². The largest absolute Gasteiger partial charge is 0.351 e. The Labute approximate surface area is 128 Å². The lowest BCUT2D eigenvalue weighted by molar-refractivity contribution is 0.0956. The summed E-state index contributed by atoms with van der Waals surface area (Å²) in [5.74, 6) is 1.97. The van der Waals surface area contributed by atoms with Gasteiger partial charge in [-0.25, -0.2) is 0 Å². The van der Waals surface area contributed by atoms with Gasteiger partial charge in [0, 0.05) is 27.8 Å². The van der Waals surface area contributed by atoms with Gasteiger partial charge >= 0.3 is 0 Å². The summed E-state index contributed by atoms with van der Waals surface area (Å²) >= 11 is 3.51. The quantitative estimate of drug-likeness (QED) is 0.816. The topological polar surface area (TPSA) is 29.1 Å². The van der Waals surface area contributed by atoms with Crippen LogP contribution in [0.1, 0.15) is 25.7 Å². The number of carbonyl (C=O) groups is 1. The van der Waals surface area contributed by atoms with Gasteiger partial charge in [-0.3, -0.25) is 4.79 Å². The van der Waals surface area contributed by atoms with Crippen LogP contribution in [-0.4, -0.2) is 18.2 Å². The molecule has 0 spiro atoms. The van der Waals surface area contributed by atoms with E-state index in [0.29, 0.717) is 6.54 Å². The van der Waals surface area contributed by atoms with E-state index in [1.807, 2.05) is 37.7 Å². The van der Waals surface area contributed by atoms with E-state index in [0.717, 1.165) is 21.9 Å². The maximum atomic E-state index is 12.0. The van der Waals surface area contributed by atoms with E-state index in [1.165, 1.54) is 10.4 Å². The number of thiophene rings is 1. The number of benzene rings is 1. The highest BCUT2D eigenvalue weighted by molar-refractivity contribution is 7.98. The number of carbonyl (C=O) groups excluding carboxylic acids is 1. The van der Waals surface area contributed by atoms with Gasteiger partial charge in [-0.2, -0.15) is 11.8 Å². The zero-order valence-electron chi connectivity index (χ0n) is 11.8. The van der Waals surface area contributed by atoms with Crippen LogP contribution in [0.4, 0.5) is 0 Å². The average molecular weight is 305 g/mol. The van der Waals surface area contributed by atoms with Crippen LogP contribution < -0.4 is 5.32 Å². The molecule has 2 rings (SSSR count). The van der Waals surface area contributed by atoms with Gasteiger partial charge in [0.25, 0.3) is 5.91 Å². The fourth-order valence-corrected chi connectivity index (χ4v) is 3.69. The molecule has 0 fully saturated rings. The van der Waals surface area contributed by atoms with E-state index in [4.69, 9.17) is 0 Å². The lowest BCUT2D eigenvalue weighted by atomic mass is 10.2. The number of thioether (sulfide) groups is 1. The Morgan fingerprint density at radius 1 is 1.25 bits per heavy atom. The molecule has 1 amide bonds. The van der Waals surface area contributed by atoms with Crippen molar-refractivity contribution in [3.05, 3.63) is 57.3 Å². The molecule has 0 bridgehead atoms. The van der Waals surface area contributed by atoms with Crippen LogP contribution in [0.2, 0.25) is 0 Å². The van der Waals surface area contributed by atoms with E-state index in [1.54, 1.807) is 11.3 Å². The highest BCUT2D eigenvalue weighted by atomic mass is 32.2. The minimum atomic E-state index is 0.0483. The van der Waals surface area contributed by atoms with E-state index in [-0.39, 0.29) is 5.91 Å². The highest BCUT2D eigenvalue weighted by Gasteiger charge is 2.10. The van der Waals surface area contributed by atoms with Crippen LogP contribution in [0.5, 0.6) is 0 Å². The maximum absolute atomic E-state index is 12.0. The zero-order valence-corrected chi connectivity index (χ0v) is 13.4. The van der Waals surface area contributed by atoms with E-state index in [2.05, 4.69) is 29.6 Å². The van der Waals surface area contributed by atoms with Crippen molar-refractivity contribution in [3.63, 3.8) is 0 Å². The summed E-state index contributed by atoms with van der Waals surface area (Å²) in [7, 11) is 0. The molecular formula is C16H19NOS2. The van der Waals surface area contributed by atoms with Crippen molar-refractivity contribution in [1.82, 2.24) is 5.32 Å². The summed E-state index contributed by atoms with van der Waals surface area (Å²) < 4.78 is 0. The Hall–Kier alpha value is -1.26. The van der Waals surface area contributed by atoms with Gasteiger partial charge in [0.05, 0.1) is 5.56 Å². The summed E-state index contributed by atoms with van der Waals surface area (Å²) in [6.45, 7) is 4.74. The Morgan fingerprint density at radius 3 is 2.65 bits per heavy atom. The van der Waals surface area contributed by atoms with Crippen molar-refractivity contribution < 1.29 is 4.79 Å². The molecule has 2 aromatic rings. The molecule has 0 unspecified atom stereocenters. The number of aryl methyl sites for hydroxylation is 2. The number of rotatable bonds is 6. The van der Waals surface area contributed by atoms with Crippen LogP contribution in [0, 0.1) is 13.8 Å². The first kappa shape index (κ1) is 15.1.